The minimum absolute atomic E-state index is 0. The van der Waals surface area contributed by atoms with E-state index >= 15 is 0 Å². The van der Waals surface area contributed by atoms with Crippen molar-refractivity contribution < 1.29 is 27.8 Å². The van der Waals surface area contributed by atoms with Gasteiger partial charge in [-0.25, -0.2) is 0 Å². The van der Waals surface area contributed by atoms with Gasteiger partial charge in [0.1, 0.15) is 0 Å². The van der Waals surface area contributed by atoms with Crippen molar-refractivity contribution in [2.24, 2.45) is 11.8 Å². The van der Waals surface area contributed by atoms with Crippen LogP contribution in [-0.4, -0.2) is 15.7 Å². The summed E-state index contributed by atoms with van der Waals surface area (Å²) in [4.78, 5) is 10.4. The van der Waals surface area contributed by atoms with Crippen molar-refractivity contribution in [3.63, 3.8) is 0 Å². The molecule has 0 spiro atoms. The first-order valence-corrected chi connectivity index (χ1v) is 5.78. The van der Waals surface area contributed by atoms with E-state index in [-0.39, 0.29) is 13.3 Å². The molecule has 0 aromatic rings. The van der Waals surface area contributed by atoms with Gasteiger partial charge in [0.25, 0.3) is 0 Å². The predicted molar refractivity (Wildman–Crippen MR) is 54.0 cm³/mol. The van der Waals surface area contributed by atoms with Gasteiger partial charge >= 0.3 is 74.8 Å². The van der Waals surface area contributed by atoms with E-state index in [4.69, 9.17) is 10.4 Å². The zero-order valence-electron chi connectivity index (χ0n) is 9.16. The smallest absolute Gasteiger partial charge is 0.194 e. The molecule has 3 nitrogen and oxygen atoms in total. The molecule has 0 fully saturated rings. The summed E-state index contributed by atoms with van der Waals surface area (Å²) in [6.07, 6.45) is 0.436. The molecule has 0 saturated carbocycles. The largest absolute Gasteiger partial charge is 0.358 e. The summed E-state index contributed by atoms with van der Waals surface area (Å²) >= 11 is 1.04. The third kappa shape index (κ3) is 9.54. The van der Waals surface area contributed by atoms with Gasteiger partial charge in [-0.15, -0.1) is 0 Å². The first kappa shape index (κ1) is 19.1. The Kier molecular flexibility index (Phi) is 17.0. The third-order valence-corrected chi connectivity index (χ3v) is 3.15. The van der Waals surface area contributed by atoms with Crippen molar-refractivity contribution in [1.82, 2.24) is 0 Å². The van der Waals surface area contributed by atoms with Crippen LogP contribution in [-0.2, 0) is 22.6 Å². The Balaban J connectivity index is -0.000000376. The summed E-state index contributed by atoms with van der Waals surface area (Å²) in [6.45, 7) is 6.93. The quantitative estimate of drug-likeness (QED) is 0.610. The van der Waals surface area contributed by atoms with Crippen molar-refractivity contribution in [3.8, 4) is 6.07 Å². The molecule has 78 valence electrons. The molecule has 1 N–H and O–H groups in total. The van der Waals surface area contributed by atoms with Crippen LogP contribution in [0.2, 0.25) is 0 Å². The predicted octanol–water partition coefficient (Wildman–Crippen LogP) is 1.88. The maximum Gasteiger partial charge on any atom is -0.194 e. The van der Waals surface area contributed by atoms with Crippen molar-refractivity contribution >= 4 is 10.6 Å². The fourth-order valence-corrected chi connectivity index (χ4v) is 1.08. The first-order chi connectivity index (χ1) is 6.11. The molecular formula is C10H17NO2Zn-2. The first-order valence-electron chi connectivity index (χ1n) is 4.07. The van der Waals surface area contributed by atoms with E-state index in [0.29, 0.717) is 6.42 Å². The fourth-order valence-electron chi connectivity index (χ4n) is 0.677. The number of nitriles is 1. The van der Waals surface area contributed by atoms with E-state index in [1.807, 2.05) is 11.5 Å². The summed E-state index contributed by atoms with van der Waals surface area (Å²) in [7, 11) is 0. The number of nitrogens with zero attached hydrogens (tertiary/aromatic N) is 1. The van der Waals surface area contributed by atoms with Crippen LogP contribution in [0.3, 0.4) is 0 Å². The summed E-state index contributed by atoms with van der Waals surface area (Å²) in [5.74, 6) is -1.61. The zero-order valence-corrected chi connectivity index (χ0v) is 12.1. The van der Waals surface area contributed by atoms with E-state index in [1.54, 1.807) is 13.0 Å². The van der Waals surface area contributed by atoms with Gasteiger partial charge in [0.05, 0.1) is 0 Å². The van der Waals surface area contributed by atoms with Crippen molar-refractivity contribution in [2.75, 3.05) is 0 Å². The SMILES string of the molecule is CC([CH]=[Zn])CC(C#N)C(=O)O.[CH2-]C.[CH3-]. The van der Waals surface area contributed by atoms with E-state index in [0.717, 1.165) is 17.9 Å². The van der Waals surface area contributed by atoms with Crippen LogP contribution in [0, 0.1) is 37.5 Å². The number of carboxylic acids is 1. The van der Waals surface area contributed by atoms with Gasteiger partial charge in [-0.1, -0.05) is 0 Å². The normalized spacial score (nSPS) is 12.0. The Morgan fingerprint density at radius 1 is 1.71 bits per heavy atom. The van der Waals surface area contributed by atoms with Gasteiger partial charge in [-0.05, 0) is 0 Å². The maximum absolute atomic E-state index is 10.4. The molecule has 2 atom stereocenters. The summed E-state index contributed by atoms with van der Waals surface area (Å²) in [5, 5.41) is 16.9. The zero-order chi connectivity index (χ0) is 10.9. The average Bonchev–Trinajstić information content (AvgIpc) is 2.16. The molecule has 14 heavy (non-hydrogen) atoms. The monoisotopic (exact) mass is 247 g/mol. The van der Waals surface area contributed by atoms with Gasteiger partial charge in [0.15, 0.2) is 0 Å². The van der Waals surface area contributed by atoms with Crippen LogP contribution >= 0.6 is 0 Å². The Bertz CT molecular complexity index is 199. The molecule has 0 heterocycles. The van der Waals surface area contributed by atoms with Crippen molar-refractivity contribution in [1.29, 1.82) is 5.26 Å². The second kappa shape index (κ2) is 12.5. The molecular weight excluding hydrogens is 232 g/mol. The van der Waals surface area contributed by atoms with Gasteiger partial charge in [0.2, 0.25) is 0 Å². The Morgan fingerprint density at radius 3 is 2.36 bits per heavy atom. The number of rotatable bonds is 4. The molecule has 0 aromatic heterocycles. The fraction of sp³-hybridized carbons (Fsp3) is 0.500. The standard InChI is InChI=1S/C7H9NO2.C2H5.CH3.Zn/c1-5(2)3-6(4-8)7(9)10;1-2;;/h1,5-6H,3H2,2H3,(H,9,10);1H2,2H3;1H3;/q;2*-1;. The van der Waals surface area contributed by atoms with Crippen LogP contribution in [0.1, 0.15) is 20.3 Å². The van der Waals surface area contributed by atoms with Gasteiger partial charge in [-0.2, -0.15) is 6.92 Å². The van der Waals surface area contributed by atoms with Crippen LogP contribution in [0.5, 0.6) is 0 Å². The Hall–Kier alpha value is -0.547. The van der Waals surface area contributed by atoms with Crippen molar-refractivity contribution in [3.05, 3.63) is 14.4 Å². The molecule has 2 unspecified atom stereocenters. The Labute approximate surface area is 96.3 Å². The molecule has 0 aromatic carbocycles. The minimum atomic E-state index is -1.01. The van der Waals surface area contributed by atoms with E-state index < -0.39 is 11.9 Å². The molecule has 0 saturated heterocycles. The molecule has 0 amide bonds. The van der Waals surface area contributed by atoms with Gasteiger partial charge in [0, 0.05) is 0 Å². The Morgan fingerprint density at radius 2 is 2.14 bits per heavy atom. The second-order valence-corrected chi connectivity index (χ2v) is 3.46. The number of hydrogen-bond acceptors (Lipinski definition) is 2. The van der Waals surface area contributed by atoms with E-state index in [2.05, 4.69) is 6.92 Å². The molecule has 0 aliphatic heterocycles. The van der Waals surface area contributed by atoms with Crippen LogP contribution < -0.4 is 0 Å². The summed E-state index contributed by atoms with van der Waals surface area (Å²) in [6, 6.07) is 1.76. The molecule has 0 aliphatic rings. The van der Waals surface area contributed by atoms with Crippen molar-refractivity contribution in [2.45, 2.75) is 20.3 Å². The molecule has 4 heteroatoms. The van der Waals surface area contributed by atoms with Crippen LogP contribution in [0.4, 0.5) is 0 Å². The third-order valence-electron chi connectivity index (χ3n) is 1.46. The molecule has 0 bridgehead atoms. The number of aliphatic carboxylic acids is 1. The van der Waals surface area contributed by atoms with Crippen LogP contribution in [0.15, 0.2) is 0 Å². The molecule has 0 radical (unpaired) electrons. The summed E-state index contributed by atoms with van der Waals surface area (Å²) < 4.78 is 2.02. The maximum atomic E-state index is 10.4. The number of hydrogen-bond donors (Lipinski definition) is 1. The summed E-state index contributed by atoms with van der Waals surface area (Å²) in [5.41, 5.74) is 0. The number of carbonyl (C=O) groups is 1. The van der Waals surface area contributed by atoms with Crippen LogP contribution in [0.25, 0.3) is 0 Å². The molecule has 0 aliphatic carbocycles. The van der Waals surface area contributed by atoms with Gasteiger partial charge in [-0.3, -0.25) is 0 Å². The number of carboxylic acid groups (broad SMARTS) is 1. The second-order valence-electron chi connectivity index (χ2n) is 2.47. The minimum Gasteiger partial charge on any atom is -0.358 e. The average molecular weight is 249 g/mol. The molecule has 0 rings (SSSR count). The topological polar surface area (TPSA) is 61.1 Å². The van der Waals surface area contributed by atoms with E-state index in [9.17, 15) is 4.79 Å². The van der Waals surface area contributed by atoms with Gasteiger partial charge < -0.3 is 14.4 Å². The van der Waals surface area contributed by atoms with E-state index in [1.165, 1.54) is 0 Å².